The topological polar surface area (TPSA) is 89.8 Å². The van der Waals surface area contributed by atoms with Gasteiger partial charge in [0.1, 0.15) is 11.3 Å². The summed E-state index contributed by atoms with van der Waals surface area (Å²) in [5, 5.41) is 8.28. The fraction of sp³-hybridized carbons (Fsp3) is 0.364. The molecule has 0 radical (unpaired) electrons. The van der Waals surface area contributed by atoms with Crippen LogP contribution in [0, 0.1) is 0 Å². The van der Waals surface area contributed by atoms with E-state index < -0.39 is 6.10 Å². The minimum absolute atomic E-state index is 0.128. The van der Waals surface area contributed by atoms with Gasteiger partial charge < -0.3 is 19.3 Å². The van der Waals surface area contributed by atoms with Gasteiger partial charge in [-0.1, -0.05) is 17.3 Å². The average molecular weight is 421 g/mol. The van der Waals surface area contributed by atoms with Crippen molar-refractivity contribution in [3.05, 3.63) is 48.0 Å². The van der Waals surface area contributed by atoms with Gasteiger partial charge >= 0.3 is 0 Å². The van der Waals surface area contributed by atoms with Gasteiger partial charge in [0.25, 0.3) is 11.8 Å². The molecule has 2 aromatic carbocycles. The summed E-state index contributed by atoms with van der Waals surface area (Å²) in [5.41, 5.74) is 2.68. The maximum absolute atomic E-state index is 13.5. The molecule has 2 aliphatic rings. The van der Waals surface area contributed by atoms with Gasteiger partial charge in [0.05, 0.1) is 31.0 Å². The summed E-state index contributed by atoms with van der Waals surface area (Å²) in [6.07, 6.45) is -0.762. The summed E-state index contributed by atoms with van der Waals surface area (Å²) in [6.45, 7) is 4.91. The predicted octanol–water partition coefficient (Wildman–Crippen LogP) is 1.72. The molecule has 31 heavy (non-hydrogen) atoms. The van der Waals surface area contributed by atoms with E-state index in [0.717, 1.165) is 5.52 Å². The predicted molar refractivity (Wildman–Crippen MR) is 113 cm³/mol. The average Bonchev–Trinajstić information content (AvgIpc) is 3.25. The molecule has 3 aromatic rings. The Morgan fingerprint density at radius 3 is 2.74 bits per heavy atom. The quantitative estimate of drug-likeness (QED) is 0.640. The van der Waals surface area contributed by atoms with E-state index in [1.165, 1.54) is 0 Å². The molecule has 2 aliphatic heterocycles. The molecule has 2 amide bonds. The van der Waals surface area contributed by atoms with Crippen molar-refractivity contribution in [3.63, 3.8) is 0 Å². The third kappa shape index (κ3) is 3.50. The summed E-state index contributed by atoms with van der Waals surface area (Å²) in [5.74, 6) is 0.187. The molecule has 1 fully saturated rings. The highest BCUT2D eigenvalue weighted by Crippen LogP contribution is 2.34. The third-order valence-electron chi connectivity index (χ3n) is 5.68. The Labute approximate surface area is 179 Å². The molecule has 1 saturated heterocycles. The first-order valence-corrected chi connectivity index (χ1v) is 10.4. The highest BCUT2D eigenvalue weighted by atomic mass is 16.5. The van der Waals surface area contributed by atoms with E-state index in [1.54, 1.807) is 32.7 Å². The van der Waals surface area contributed by atoms with Gasteiger partial charge in [0, 0.05) is 25.2 Å². The molecule has 0 N–H and O–H groups in total. The van der Waals surface area contributed by atoms with E-state index >= 15 is 0 Å². The number of hydrogen-bond acceptors (Lipinski definition) is 6. The second-order valence-corrected chi connectivity index (χ2v) is 7.54. The molecule has 0 saturated carbocycles. The molecule has 3 heterocycles. The van der Waals surface area contributed by atoms with E-state index in [9.17, 15) is 9.59 Å². The van der Waals surface area contributed by atoms with Gasteiger partial charge in [-0.15, -0.1) is 5.10 Å². The molecular formula is C22H23N5O4. The summed E-state index contributed by atoms with van der Waals surface area (Å²) >= 11 is 0. The fourth-order valence-electron chi connectivity index (χ4n) is 4.04. The van der Waals surface area contributed by atoms with Gasteiger partial charge in [-0.05, 0) is 37.3 Å². The molecule has 9 heteroatoms. The molecule has 0 spiro atoms. The first-order valence-electron chi connectivity index (χ1n) is 10.4. The van der Waals surface area contributed by atoms with Crippen molar-refractivity contribution in [3.8, 4) is 5.75 Å². The van der Waals surface area contributed by atoms with Gasteiger partial charge in [0.2, 0.25) is 0 Å². The zero-order valence-electron chi connectivity index (χ0n) is 17.2. The fourth-order valence-corrected chi connectivity index (χ4v) is 4.04. The Morgan fingerprint density at radius 1 is 1.13 bits per heavy atom. The number of aryl methyl sites for hydroxylation is 1. The lowest BCUT2D eigenvalue weighted by Crippen LogP contribution is -2.54. The maximum atomic E-state index is 13.5. The van der Waals surface area contributed by atoms with E-state index in [0.29, 0.717) is 55.4 Å². The van der Waals surface area contributed by atoms with Crippen molar-refractivity contribution in [1.29, 1.82) is 0 Å². The lowest BCUT2D eigenvalue weighted by Gasteiger charge is -2.37. The number of carbonyl (C=O) groups excluding carboxylic acids is 2. The van der Waals surface area contributed by atoms with E-state index in [4.69, 9.17) is 9.47 Å². The molecule has 0 unspecified atom stereocenters. The normalized spacial score (nSPS) is 18.5. The Kier molecular flexibility index (Phi) is 5.03. The number of fused-ring (bicyclic) bond motifs is 2. The first kappa shape index (κ1) is 19.5. The molecular weight excluding hydrogens is 398 g/mol. The van der Waals surface area contributed by atoms with Crippen molar-refractivity contribution in [2.75, 3.05) is 37.7 Å². The van der Waals surface area contributed by atoms with Crippen LogP contribution < -0.4 is 9.64 Å². The van der Waals surface area contributed by atoms with Crippen molar-refractivity contribution in [1.82, 2.24) is 19.9 Å². The zero-order valence-corrected chi connectivity index (χ0v) is 17.2. The number of rotatable bonds is 3. The Hall–Kier alpha value is -3.46. The van der Waals surface area contributed by atoms with Gasteiger partial charge in [-0.25, -0.2) is 4.68 Å². The van der Waals surface area contributed by atoms with E-state index in [1.807, 2.05) is 31.2 Å². The highest BCUT2D eigenvalue weighted by molar-refractivity contribution is 6.09. The van der Waals surface area contributed by atoms with Crippen LogP contribution >= 0.6 is 0 Å². The number of morpholine rings is 1. The minimum Gasteiger partial charge on any atom is -0.476 e. The second-order valence-electron chi connectivity index (χ2n) is 7.54. The van der Waals surface area contributed by atoms with Crippen LogP contribution in [0.15, 0.2) is 42.5 Å². The molecule has 0 bridgehead atoms. The largest absolute Gasteiger partial charge is 0.476 e. The van der Waals surface area contributed by atoms with Crippen LogP contribution in [0.2, 0.25) is 0 Å². The number of benzene rings is 2. The van der Waals surface area contributed by atoms with Crippen molar-refractivity contribution >= 4 is 28.5 Å². The molecule has 1 atom stereocenters. The zero-order chi connectivity index (χ0) is 21.4. The lowest BCUT2D eigenvalue weighted by molar-refractivity contribution is -0.142. The number of carbonyl (C=O) groups is 2. The van der Waals surface area contributed by atoms with Crippen molar-refractivity contribution < 1.29 is 19.1 Å². The summed E-state index contributed by atoms with van der Waals surface area (Å²) in [4.78, 5) is 29.9. The van der Waals surface area contributed by atoms with Crippen molar-refractivity contribution in [2.45, 2.75) is 19.6 Å². The first-order chi connectivity index (χ1) is 15.2. The van der Waals surface area contributed by atoms with E-state index in [2.05, 4.69) is 10.3 Å². The Bertz CT molecular complexity index is 1140. The number of hydrogen-bond donors (Lipinski definition) is 0. The monoisotopic (exact) mass is 421 g/mol. The molecule has 9 nitrogen and oxygen atoms in total. The van der Waals surface area contributed by atoms with Gasteiger partial charge in [-0.3, -0.25) is 9.59 Å². The van der Waals surface area contributed by atoms with Crippen LogP contribution in [0.4, 0.5) is 5.69 Å². The molecule has 5 rings (SSSR count). The number of aromatic nitrogens is 3. The number of para-hydroxylation sites is 2. The Morgan fingerprint density at radius 2 is 1.94 bits per heavy atom. The number of ether oxygens (including phenoxy) is 2. The number of nitrogens with zero attached hydrogens (tertiary/aromatic N) is 5. The van der Waals surface area contributed by atoms with E-state index in [-0.39, 0.29) is 18.4 Å². The second kappa shape index (κ2) is 7.99. The van der Waals surface area contributed by atoms with Crippen LogP contribution in [-0.2, 0) is 16.1 Å². The Balaban J connectivity index is 1.46. The van der Waals surface area contributed by atoms with Crippen LogP contribution in [-0.4, -0.2) is 70.7 Å². The van der Waals surface area contributed by atoms with Crippen LogP contribution in [0.25, 0.3) is 11.0 Å². The van der Waals surface area contributed by atoms with Gasteiger partial charge in [0.15, 0.2) is 6.10 Å². The number of anilines is 1. The smallest absolute Gasteiger partial charge is 0.265 e. The summed E-state index contributed by atoms with van der Waals surface area (Å²) in [6, 6.07) is 12.7. The summed E-state index contributed by atoms with van der Waals surface area (Å²) in [7, 11) is 0. The van der Waals surface area contributed by atoms with Crippen LogP contribution in [0.5, 0.6) is 5.75 Å². The standard InChI is InChI=1S/C22H23N5O4/c1-2-27-17-8-7-15(13-16(17)23-24-27)21(28)26-14-20(22(29)25-9-11-30-12-10-25)31-19-6-4-3-5-18(19)26/h3-8,13,20H,2,9-12,14H2,1H3/t20-/m0/s1. The molecule has 1 aromatic heterocycles. The SMILES string of the molecule is CCn1nnc2cc(C(=O)N3C[C@@H](C(=O)N4CCOCC4)Oc4ccccc43)ccc21. The lowest BCUT2D eigenvalue weighted by atomic mass is 10.1. The minimum atomic E-state index is -0.762. The maximum Gasteiger partial charge on any atom is 0.265 e. The third-order valence-corrected chi connectivity index (χ3v) is 5.68. The van der Waals surface area contributed by atoms with Crippen LogP contribution in [0.1, 0.15) is 17.3 Å². The highest BCUT2D eigenvalue weighted by Gasteiger charge is 2.36. The molecule has 0 aliphatic carbocycles. The van der Waals surface area contributed by atoms with Crippen LogP contribution in [0.3, 0.4) is 0 Å². The van der Waals surface area contributed by atoms with Crippen molar-refractivity contribution in [2.24, 2.45) is 0 Å². The summed E-state index contributed by atoms with van der Waals surface area (Å²) < 4.78 is 13.1. The van der Waals surface area contributed by atoms with Gasteiger partial charge in [-0.2, -0.15) is 0 Å². The molecule has 160 valence electrons. The number of amides is 2.